The summed E-state index contributed by atoms with van der Waals surface area (Å²) in [4.78, 5) is 38.9. The average molecular weight is 406 g/mol. The number of ketones is 1. The van der Waals surface area contributed by atoms with Gasteiger partial charge in [0.15, 0.2) is 5.78 Å². The summed E-state index contributed by atoms with van der Waals surface area (Å²) in [7, 11) is 0. The lowest BCUT2D eigenvalue weighted by atomic mass is 9.95. The number of likely N-dealkylation sites (tertiary alicyclic amines) is 1. The predicted octanol–water partition coefficient (Wildman–Crippen LogP) is 4.08. The molecule has 0 radical (unpaired) electrons. The molecule has 1 saturated heterocycles. The van der Waals surface area contributed by atoms with Gasteiger partial charge in [-0.3, -0.25) is 9.59 Å². The molecule has 0 aliphatic carbocycles. The van der Waals surface area contributed by atoms with Crippen molar-refractivity contribution in [2.45, 2.75) is 77.5 Å². The molecule has 1 N–H and O–H groups in total. The number of nitrogens with one attached hydrogen (secondary N) is 1. The van der Waals surface area contributed by atoms with E-state index in [1.165, 1.54) is 24.3 Å². The zero-order valence-corrected chi connectivity index (χ0v) is 17.7. The largest absolute Gasteiger partial charge is 0.444 e. The second-order valence-corrected chi connectivity index (χ2v) is 8.52. The number of amides is 2. The van der Waals surface area contributed by atoms with E-state index in [1.54, 1.807) is 25.7 Å². The number of Topliss-reactive ketones (excluding diaryl/α,β-unsaturated/α-hetero) is 1. The Morgan fingerprint density at radius 1 is 1.17 bits per heavy atom. The molecule has 0 saturated carbocycles. The molecular formula is C22H31FN2O4. The number of rotatable bonds is 6. The predicted molar refractivity (Wildman–Crippen MR) is 108 cm³/mol. The fraction of sp³-hybridized carbons (Fsp3) is 0.591. The van der Waals surface area contributed by atoms with Crippen molar-refractivity contribution in [2.75, 3.05) is 6.54 Å². The molecule has 1 heterocycles. The van der Waals surface area contributed by atoms with E-state index in [9.17, 15) is 18.8 Å². The van der Waals surface area contributed by atoms with Crippen molar-refractivity contribution < 1.29 is 23.5 Å². The van der Waals surface area contributed by atoms with Gasteiger partial charge in [-0.1, -0.05) is 0 Å². The molecule has 1 aromatic carbocycles. The van der Waals surface area contributed by atoms with Crippen molar-refractivity contribution >= 4 is 17.8 Å². The second kappa shape index (κ2) is 9.85. The fourth-order valence-electron chi connectivity index (χ4n) is 3.52. The normalized spacial score (nSPS) is 18.1. The molecule has 160 valence electrons. The van der Waals surface area contributed by atoms with Crippen LogP contribution in [0.25, 0.3) is 0 Å². The molecule has 1 fully saturated rings. The van der Waals surface area contributed by atoms with Gasteiger partial charge in [-0.2, -0.15) is 0 Å². The molecule has 0 aromatic heterocycles. The summed E-state index contributed by atoms with van der Waals surface area (Å²) in [6.45, 7) is 7.86. The SMILES string of the molecule is CC(NC(=O)OC(C)(C)C)C1CCCCN1C(=O)CCC(=O)c1ccc(F)cc1. The molecule has 2 atom stereocenters. The Balaban J connectivity index is 1.93. The molecule has 2 unspecified atom stereocenters. The first-order valence-electron chi connectivity index (χ1n) is 10.1. The highest BCUT2D eigenvalue weighted by Crippen LogP contribution is 2.22. The minimum absolute atomic E-state index is 0.0710. The number of hydrogen-bond acceptors (Lipinski definition) is 4. The van der Waals surface area contributed by atoms with E-state index in [-0.39, 0.29) is 36.6 Å². The van der Waals surface area contributed by atoms with Crippen LogP contribution in [0.2, 0.25) is 0 Å². The van der Waals surface area contributed by atoms with E-state index in [0.717, 1.165) is 19.3 Å². The molecule has 29 heavy (non-hydrogen) atoms. The molecule has 2 amide bonds. The molecule has 0 bridgehead atoms. The Morgan fingerprint density at radius 2 is 1.83 bits per heavy atom. The third kappa shape index (κ3) is 7.15. The highest BCUT2D eigenvalue weighted by atomic mass is 19.1. The topological polar surface area (TPSA) is 75.7 Å². The maximum Gasteiger partial charge on any atom is 0.407 e. The van der Waals surface area contributed by atoms with E-state index in [0.29, 0.717) is 12.1 Å². The molecule has 1 aromatic rings. The number of carbonyl (C=O) groups excluding carboxylic acids is 3. The average Bonchev–Trinajstić information content (AvgIpc) is 2.64. The number of piperidine rings is 1. The van der Waals surface area contributed by atoms with Gasteiger partial charge in [-0.05, 0) is 71.2 Å². The fourth-order valence-corrected chi connectivity index (χ4v) is 3.52. The highest BCUT2D eigenvalue weighted by Gasteiger charge is 2.32. The summed E-state index contributed by atoms with van der Waals surface area (Å²) in [5.41, 5.74) is -0.193. The minimum Gasteiger partial charge on any atom is -0.444 e. The van der Waals surface area contributed by atoms with Crippen molar-refractivity contribution in [3.05, 3.63) is 35.6 Å². The summed E-state index contributed by atoms with van der Waals surface area (Å²) >= 11 is 0. The van der Waals surface area contributed by atoms with Crippen LogP contribution in [-0.4, -0.2) is 46.9 Å². The summed E-state index contributed by atoms with van der Waals surface area (Å²) in [6, 6.07) is 4.93. The number of benzene rings is 1. The highest BCUT2D eigenvalue weighted by molar-refractivity contribution is 5.97. The van der Waals surface area contributed by atoms with Gasteiger partial charge in [0, 0.05) is 31.0 Å². The summed E-state index contributed by atoms with van der Waals surface area (Å²) in [5.74, 6) is -0.699. The molecule has 7 heteroatoms. The van der Waals surface area contributed by atoms with Gasteiger partial charge in [-0.25, -0.2) is 9.18 Å². The van der Waals surface area contributed by atoms with Gasteiger partial charge in [0.05, 0.1) is 6.04 Å². The van der Waals surface area contributed by atoms with Crippen molar-refractivity contribution in [2.24, 2.45) is 0 Å². The number of ether oxygens (including phenoxy) is 1. The van der Waals surface area contributed by atoms with Crippen LogP contribution in [0, 0.1) is 5.82 Å². The minimum atomic E-state index is -0.591. The number of hydrogen-bond donors (Lipinski definition) is 1. The molecule has 0 spiro atoms. The van der Waals surface area contributed by atoms with Crippen LogP contribution in [0.1, 0.15) is 70.2 Å². The van der Waals surface area contributed by atoms with Crippen molar-refractivity contribution in [3.8, 4) is 0 Å². The van der Waals surface area contributed by atoms with Gasteiger partial charge < -0.3 is 15.0 Å². The maximum absolute atomic E-state index is 13.0. The van der Waals surface area contributed by atoms with Crippen LogP contribution in [0.4, 0.5) is 9.18 Å². The van der Waals surface area contributed by atoms with Gasteiger partial charge >= 0.3 is 6.09 Å². The Bertz CT molecular complexity index is 727. The van der Waals surface area contributed by atoms with Gasteiger partial charge in [-0.15, -0.1) is 0 Å². The maximum atomic E-state index is 13.0. The standard InChI is InChI=1S/C22H31FN2O4/c1-15(24-21(28)29-22(2,3)4)18-7-5-6-14-25(18)20(27)13-12-19(26)16-8-10-17(23)11-9-16/h8-11,15,18H,5-7,12-14H2,1-4H3,(H,24,28). The smallest absolute Gasteiger partial charge is 0.407 e. The quantitative estimate of drug-likeness (QED) is 0.722. The third-order valence-corrected chi connectivity index (χ3v) is 4.92. The van der Waals surface area contributed by atoms with Crippen LogP contribution >= 0.6 is 0 Å². The molecule has 1 aliphatic heterocycles. The van der Waals surface area contributed by atoms with E-state index in [1.807, 2.05) is 6.92 Å². The first-order valence-corrected chi connectivity index (χ1v) is 10.1. The van der Waals surface area contributed by atoms with Crippen molar-refractivity contribution in [1.82, 2.24) is 10.2 Å². The number of alkyl carbamates (subject to hydrolysis) is 1. The van der Waals surface area contributed by atoms with E-state index >= 15 is 0 Å². The first-order chi connectivity index (χ1) is 13.6. The van der Waals surface area contributed by atoms with Crippen LogP contribution in [0.15, 0.2) is 24.3 Å². The molecule has 6 nitrogen and oxygen atoms in total. The number of nitrogens with zero attached hydrogens (tertiary/aromatic N) is 1. The van der Waals surface area contributed by atoms with Crippen LogP contribution in [0.3, 0.4) is 0 Å². The lowest BCUT2D eigenvalue weighted by Crippen LogP contribution is -2.54. The van der Waals surface area contributed by atoms with Crippen molar-refractivity contribution in [3.63, 3.8) is 0 Å². The molecule has 1 aliphatic rings. The van der Waals surface area contributed by atoms with Crippen LogP contribution in [-0.2, 0) is 9.53 Å². The zero-order chi connectivity index (χ0) is 21.6. The lowest BCUT2D eigenvalue weighted by Gasteiger charge is -2.39. The summed E-state index contributed by atoms with van der Waals surface area (Å²) in [6.07, 6.45) is 2.31. The Kier molecular flexibility index (Phi) is 7.76. The van der Waals surface area contributed by atoms with Crippen molar-refractivity contribution in [1.29, 1.82) is 0 Å². The van der Waals surface area contributed by atoms with E-state index < -0.39 is 17.5 Å². The Morgan fingerprint density at radius 3 is 2.45 bits per heavy atom. The van der Waals surface area contributed by atoms with Gasteiger partial charge in [0.2, 0.25) is 5.91 Å². The third-order valence-electron chi connectivity index (χ3n) is 4.92. The Hall–Kier alpha value is -2.44. The summed E-state index contributed by atoms with van der Waals surface area (Å²) in [5, 5.41) is 2.83. The lowest BCUT2D eigenvalue weighted by molar-refractivity contribution is -0.135. The van der Waals surface area contributed by atoms with Crippen LogP contribution < -0.4 is 5.32 Å². The van der Waals surface area contributed by atoms with Gasteiger partial charge in [0.1, 0.15) is 11.4 Å². The van der Waals surface area contributed by atoms with Gasteiger partial charge in [0.25, 0.3) is 0 Å². The monoisotopic (exact) mass is 406 g/mol. The number of carbonyl (C=O) groups is 3. The van der Waals surface area contributed by atoms with E-state index in [2.05, 4.69) is 5.32 Å². The summed E-state index contributed by atoms with van der Waals surface area (Å²) < 4.78 is 18.3. The van der Waals surface area contributed by atoms with Crippen LogP contribution in [0.5, 0.6) is 0 Å². The second-order valence-electron chi connectivity index (χ2n) is 8.52. The van der Waals surface area contributed by atoms with E-state index in [4.69, 9.17) is 4.74 Å². The molecule has 2 rings (SSSR count). The zero-order valence-electron chi connectivity index (χ0n) is 17.7. The molecular weight excluding hydrogens is 375 g/mol. The Labute approximate surface area is 171 Å². The number of halogens is 1. The first kappa shape index (κ1) is 22.8.